The largest absolute Gasteiger partial charge is 0.308 e. The Kier molecular flexibility index (Phi) is 5.15. The van der Waals surface area contributed by atoms with Crippen molar-refractivity contribution in [2.45, 2.75) is 50.3 Å². The van der Waals surface area contributed by atoms with Crippen molar-refractivity contribution in [1.29, 1.82) is 0 Å². The van der Waals surface area contributed by atoms with E-state index in [2.05, 4.69) is 43.0 Å². The Morgan fingerprint density at radius 1 is 1.21 bits per heavy atom. The van der Waals surface area contributed by atoms with Crippen LogP contribution in [0.5, 0.6) is 0 Å². The zero-order valence-corrected chi connectivity index (χ0v) is 13.8. The first-order valence-electron chi connectivity index (χ1n) is 6.75. The molecule has 3 nitrogen and oxygen atoms in total. The molecule has 1 aliphatic heterocycles. The van der Waals surface area contributed by atoms with Crippen molar-refractivity contribution in [2.24, 2.45) is 0 Å². The Balaban J connectivity index is 1.98. The van der Waals surface area contributed by atoms with E-state index in [1.54, 1.807) is 0 Å². The lowest BCUT2D eigenvalue weighted by Crippen LogP contribution is -2.35. The van der Waals surface area contributed by atoms with Gasteiger partial charge in [-0.1, -0.05) is 6.92 Å². The quantitative estimate of drug-likeness (QED) is 0.927. The summed E-state index contributed by atoms with van der Waals surface area (Å²) in [6, 6.07) is 0. The van der Waals surface area contributed by atoms with Crippen LogP contribution < -0.4 is 5.32 Å². The first-order chi connectivity index (χ1) is 8.96. The fourth-order valence-electron chi connectivity index (χ4n) is 1.89. The van der Waals surface area contributed by atoms with Gasteiger partial charge in [-0.25, -0.2) is 9.97 Å². The van der Waals surface area contributed by atoms with E-state index in [1.807, 2.05) is 35.9 Å². The van der Waals surface area contributed by atoms with Gasteiger partial charge in [0, 0.05) is 46.8 Å². The van der Waals surface area contributed by atoms with Crippen molar-refractivity contribution in [2.75, 3.05) is 11.5 Å². The highest BCUT2D eigenvalue weighted by Gasteiger charge is 2.26. The van der Waals surface area contributed by atoms with Crippen molar-refractivity contribution in [3.05, 3.63) is 23.8 Å². The van der Waals surface area contributed by atoms with E-state index in [0.29, 0.717) is 10.5 Å². The fourth-order valence-corrected chi connectivity index (χ4v) is 4.59. The van der Waals surface area contributed by atoms with Crippen molar-refractivity contribution < 1.29 is 0 Å². The topological polar surface area (TPSA) is 37.8 Å². The van der Waals surface area contributed by atoms with E-state index in [-0.39, 0.29) is 5.54 Å². The van der Waals surface area contributed by atoms with Gasteiger partial charge >= 0.3 is 0 Å². The van der Waals surface area contributed by atoms with Crippen LogP contribution in [0, 0.1) is 0 Å². The molecule has 2 rings (SSSR count). The van der Waals surface area contributed by atoms with Crippen LogP contribution in [0.15, 0.2) is 12.4 Å². The first-order valence-corrected chi connectivity index (χ1v) is 8.84. The van der Waals surface area contributed by atoms with E-state index in [0.717, 1.165) is 17.9 Å². The molecule has 106 valence electrons. The molecule has 2 heterocycles. The second kappa shape index (κ2) is 6.46. The summed E-state index contributed by atoms with van der Waals surface area (Å²) < 4.78 is 0. The number of nitrogens with zero attached hydrogens (tertiary/aromatic N) is 2. The zero-order valence-electron chi connectivity index (χ0n) is 12.1. The molecule has 0 radical (unpaired) electrons. The standard InChI is InChI=1S/C14H23N3S2/c1-10-12(19-6-5-18-10)13-15-7-11(8-16-13)9-17-14(2,3)4/h7-8,10,12,17H,5-6,9H2,1-4H3. The third-order valence-corrected chi connectivity index (χ3v) is 6.08. The lowest BCUT2D eigenvalue weighted by Gasteiger charge is -2.26. The SMILES string of the molecule is CC1SCCSC1c1ncc(CNC(C)(C)C)cn1. The van der Waals surface area contributed by atoms with Gasteiger partial charge in [0.25, 0.3) is 0 Å². The minimum Gasteiger partial charge on any atom is -0.308 e. The van der Waals surface area contributed by atoms with E-state index in [4.69, 9.17) is 0 Å². The molecule has 0 aliphatic carbocycles. The van der Waals surface area contributed by atoms with Gasteiger partial charge < -0.3 is 5.32 Å². The van der Waals surface area contributed by atoms with E-state index in [1.165, 1.54) is 11.5 Å². The molecule has 0 saturated carbocycles. The normalized spacial score (nSPS) is 24.4. The average molecular weight is 297 g/mol. The maximum atomic E-state index is 4.57. The number of hydrogen-bond acceptors (Lipinski definition) is 5. The van der Waals surface area contributed by atoms with E-state index < -0.39 is 0 Å². The van der Waals surface area contributed by atoms with Gasteiger partial charge in [-0.3, -0.25) is 0 Å². The highest BCUT2D eigenvalue weighted by Crippen LogP contribution is 2.40. The van der Waals surface area contributed by atoms with E-state index in [9.17, 15) is 0 Å². The molecule has 1 aromatic heterocycles. The molecule has 1 aromatic rings. The predicted molar refractivity (Wildman–Crippen MR) is 85.7 cm³/mol. The molecule has 0 bridgehead atoms. The van der Waals surface area contributed by atoms with Crippen LogP contribution in [0.4, 0.5) is 0 Å². The summed E-state index contributed by atoms with van der Waals surface area (Å²) in [6.07, 6.45) is 3.93. The molecule has 2 unspecified atom stereocenters. The summed E-state index contributed by atoms with van der Waals surface area (Å²) in [6.45, 7) is 9.60. The summed E-state index contributed by atoms with van der Waals surface area (Å²) in [4.78, 5) is 9.14. The van der Waals surface area contributed by atoms with E-state index >= 15 is 0 Å². The first kappa shape index (κ1) is 15.1. The Bertz CT molecular complexity index is 400. The lowest BCUT2D eigenvalue weighted by molar-refractivity contribution is 0.423. The van der Waals surface area contributed by atoms with Gasteiger partial charge in [-0.2, -0.15) is 11.8 Å². The third-order valence-electron chi connectivity index (χ3n) is 2.99. The molecule has 1 fully saturated rings. The molecular weight excluding hydrogens is 274 g/mol. The van der Waals surface area contributed by atoms with Gasteiger partial charge in [0.15, 0.2) is 0 Å². The number of nitrogens with one attached hydrogen (secondary N) is 1. The van der Waals surface area contributed by atoms with Crippen LogP contribution in [0.3, 0.4) is 0 Å². The number of rotatable bonds is 3. The Morgan fingerprint density at radius 3 is 2.42 bits per heavy atom. The van der Waals surface area contributed by atoms with Crippen LogP contribution in [-0.2, 0) is 6.54 Å². The molecule has 19 heavy (non-hydrogen) atoms. The summed E-state index contributed by atoms with van der Waals surface area (Å²) >= 11 is 4.01. The molecule has 0 amide bonds. The Hall–Kier alpha value is -0.260. The van der Waals surface area contributed by atoms with Crippen molar-refractivity contribution >= 4 is 23.5 Å². The maximum Gasteiger partial charge on any atom is 0.142 e. The number of aromatic nitrogens is 2. The molecule has 0 aromatic carbocycles. The molecule has 5 heteroatoms. The minimum atomic E-state index is 0.128. The summed E-state index contributed by atoms with van der Waals surface area (Å²) in [5, 5.41) is 4.51. The highest BCUT2D eigenvalue weighted by molar-refractivity contribution is 8.06. The second-order valence-electron chi connectivity index (χ2n) is 5.92. The fraction of sp³-hybridized carbons (Fsp3) is 0.714. The number of hydrogen-bond donors (Lipinski definition) is 1. The Morgan fingerprint density at radius 2 is 1.84 bits per heavy atom. The highest BCUT2D eigenvalue weighted by atomic mass is 32.2. The van der Waals surface area contributed by atoms with Crippen molar-refractivity contribution in [3.8, 4) is 0 Å². The molecule has 1 aliphatic rings. The van der Waals surface area contributed by atoms with Gasteiger partial charge in [-0.15, -0.1) is 11.8 Å². The molecule has 1 N–H and O–H groups in total. The summed E-state index contributed by atoms with van der Waals surface area (Å²) in [5.41, 5.74) is 1.28. The monoisotopic (exact) mass is 297 g/mol. The lowest BCUT2D eigenvalue weighted by atomic mass is 10.1. The van der Waals surface area contributed by atoms with Crippen molar-refractivity contribution in [3.63, 3.8) is 0 Å². The molecular formula is C14H23N3S2. The molecule has 1 saturated heterocycles. The predicted octanol–water partition coefficient (Wildman–Crippen LogP) is 3.27. The second-order valence-corrected chi connectivity index (χ2v) is 8.65. The van der Waals surface area contributed by atoms with Gasteiger partial charge in [0.2, 0.25) is 0 Å². The summed E-state index contributed by atoms with van der Waals surface area (Å²) in [5.74, 6) is 3.44. The van der Waals surface area contributed by atoms with Crippen LogP contribution >= 0.6 is 23.5 Å². The molecule has 2 atom stereocenters. The Labute approximate surface area is 124 Å². The van der Waals surface area contributed by atoms with Gasteiger partial charge in [0.05, 0.1) is 5.25 Å². The third kappa shape index (κ3) is 4.65. The van der Waals surface area contributed by atoms with Crippen LogP contribution in [0.1, 0.15) is 44.3 Å². The van der Waals surface area contributed by atoms with Crippen LogP contribution in [-0.4, -0.2) is 32.3 Å². The van der Waals surface area contributed by atoms with Crippen molar-refractivity contribution in [1.82, 2.24) is 15.3 Å². The zero-order chi connectivity index (χ0) is 13.9. The maximum absolute atomic E-state index is 4.57. The minimum absolute atomic E-state index is 0.128. The van der Waals surface area contributed by atoms with Gasteiger partial charge in [-0.05, 0) is 20.8 Å². The number of thioether (sulfide) groups is 2. The van der Waals surface area contributed by atoms with Crippen LogP contribution in [0.2, 0.25) is 0 Å². The molecule has 0 spiro atoms. The van der Waals surface area contributed by atoms with Crippen LogP contribution in [0.25, 0.3) is 0 Å². The smallest absolute Gasteiger partial charge is 0.142 e. The van der Waals surface area contributed by atoms with Gasteiger partial charge in [0.1, 0.15) is 5.82 Å². The summed E-state index contributed by atoms with van der Waals surface area (Å²) in [7, 11) is 0. The average Bonchev–Trinajstić information content (AvgIpc) is 2.37.